The van der Waals surface area contributed by atoms with E-state index in [9.17, 15) is 9.59 Å². The lowest BCUT2D eigenvalue weighted by Crippen LogP contribution is -2.43. The van der Waals surface area contributed by atoms with Crippen LogP contribution in [0.1, 0.15) is 91.9 Å². The van der Waals surface area contributed by atoms with Crippen molar-refractivity contribution in [1.29, 1.82) is 0 Å². The van der Waals surface area contributed by atoms with Gasteiger partial charge < -0.3 is 19.7 Å². The maximum atomic E-state index is 12.9. The van der Waals surface area contributed by atoms with Crippen LogP contribution in [0.25, 0.3) is 52.5 Å². The number of thiophene rings is 2. The van der Waals surface area contributed by atoms with E-state index in [1.165, 1.54) is 46.1 Å². The smallest absolute Gasteiger partial charge is 0.318 e. The van der Waals surface area contributed by atoms with E-state index < -0.39 is 0 Å². The van der Waals surface area contributed by atoms with Gasteiger partial charge in [0.1, 0.15) is 24.2 Å². The van der Waals surface area contributed by atoms with Crippen LogP contribution in [0.15, 0.2) is 103 Å². The summed E-state index contributed by atoms with van der Waals surface area (Å²) in [7, 11) is 7.14. The number of amides is 2. The number of aryl methyl sites for hydroxylation is 4. The predicted molar refractivity (Wildman–Crippen MR) is 279 cm³/mol. The topological polar surface area (TPSA) is 167 Å². The highest BCUT2D eigenvalue weighted by Crippen LogP contribution is 2.40. The Kier molecular flexibility index (Phi) is 15.7. The van der Waals surface area contributed by atoms with Crippen molar-refractivity contribution < 1.29 is 19.1 Å². The molecule has 17 heteroatoms. The third kappa shape index (κ3) is 11.4. The number of rotatable bonds is 10. The number of hydrogen-bond acceptors (Lipinski definition) is 13. The van der Waals surface area contributed by atoms with Gasteiger partial charge in [0, 0.05) is 60.5 Å². The van der Waals surface area contributed by atoms with E-state index in [0.29, 0.717) is 13.1 Å². The zero-order chi connectivity index (χ0) is 49.3. The van der Waals surface area contributed by atoms with E-state index in [1.54, 1.807) is 49.5 Å². The van der Waals surface area contributed by atoms with Gasteiger partial charge in [-0.2, -0.15) is 15.2 Å². The van der Waals surface area contributed by atoms with Crippen LogP contribution in [0.5, 0.6) is 11.5 Å². The Hall–Kier alpha value is -7.33. The number of carbonyl (C=O) groups is 1. The van der Waals surface area contributed by atoms with Crippen molar-refractivity contribution in [3.63, 3.8) is 0 Å². The molecule has 2 atom stereocenters. The number of nitrogens with one attached hydrogen (secondary N) is 1. The van der Waals surface area contributed by atoms with E-state index in [1.807, 2.05) is 104 Å². The summed E-state index contributed by atoms with van der Waals surface area (Å²) in [4.78, 5) is 48.9. The first-order valence-corrected chi connectivity index (χ1v) is 24.9. The molecule has 0 unspecified atom stereocenters. The van der Waals surface area contributed by atoms with E-state index in [-0.39, 0.29) is 18.1 Å². The van der Waals surface area contributed by atoms with Gasteiger partial charge in [-0.15, -0.1) is 22.7 Å². The van der Waals surface area contributed by atoms with E-state index in [0.717, 1.165) is 90.0 Å². The molecule has 0 spiro atoms. The van der Waals surface area contributed by atoms with Gasteiger partial charge in [-0.05, 0) is 118 Å². The zero-order valence-corrected chi connectivity index (χ0v) is 42.4. The van der Waals surface area contributed by atoms with Gasteiger partial charge in [0.05, 0.1) is 69.5 Å². The molecule has 7 heterocycles. The van der Waals surface area contributed by atoms with Crippen LogP contribution in [-0.2, 0) is 18.9 Å². The van der Waals surface area contributed by atoms with Gasteiger partial charge in [0.15, 0.2) is 0 Å². The lowest BCUT2D eigenvalue weighted by Gasteiger charge is -2.28. The molecule has 1 aliphatic carbocycles. The summed E-state index contributed by atoms with van der Waals surface area (Å²) in [6.07, 6.45) is 19.0. The Labute approximate surface area is 415 Å². The molecule has 15 nitrogen and oxygen atoms in total. The van der Waals surface area contributed by atoms with Crippen molar-refractivity contribution >= 4 is 66.4 Å². The average Bonchev–Trinajstić information content (AvgIpc) is 4.18. The molecule has 8 aromatic rings. The highest BCUT2D eigenvalue weighted by Gasteiger charge is 2.23. The van der Waals surface area contributed by atoms with Crippen LogP contribution in [0.2, 0.25) is 0 Å². The average molecular weight is 976 g/mol. The highest BCUT2D eigenvalue weighted by molar-refractivity contribution is 7.22. The SMILES string of the molecule is COc1cccc([C@H](C)N=C=O)c1.COc1cccc([C@H](C)NC(=O)N2CC=C(c3ncnc4cc(-c5cn(C)nc5C)sc34)CC2)c1.Cc1nn(C)cc1-c1cc2ncnc(C3=CCCCC3)c2s1. The number of methoxy groups -OCH3 is 2. The van der Waals surface area contributed by atoms with Crippen LogP contribution in [0, 0.1) is 13.8 Å². The third-order valence-corrected chi connectivity index (χ3v) is 14.7. The van der Waals surface area contributed by atoms with Crippen molar-refractivity contribution in [1.82, 2.24) is 49.7 Å². The minimum atomic E-state index is -0.160. The van der Waals surface area contributed by atoms with Crippen molar-refractivity contribution in [3.8, 4) is 32.4 Å². The number of nitrogens with zero attached hydrogens (tertiary/aromatic N) is 10. The Morgan fingerprint density at radius 2 is 1.30 bits per heavy atom. The van der Waals surface area contributed by atoms with Gasteiger partial charge >= 0.3 is 6.03 Å². The lowest BCUT2D eigenvalue weighted by molar-refractivity contribution is 0.199. The van der Waals surface area contributed by atoms with Crippen LogP contribution in [0.4, 0.5) is 4.79 Å². The molecule has 0 saturated heterocycles. The molecular weight excluding hydrogens is 919 g/mol. The molecule has 2 amide bonds. The molecule has 2 aromatic carbocycles. The fourth-order valence-corrected chi connectivity index (χ4v) is 11.0. The number of fused-ring (bicyclic) bond motifs is 2. The number of carbonyl (C=O) groups excluding carboxylic acids is 2. The Balaban J connectivity index is 0.000000159. The number of ether oxygens (including phenoxy) is 2. The first kappa shape index (κ1) is 49.1. The molecule has 360 valence electrons. The molecule has 0 fully saturated rings. The molecule has 0 radical (unpaired) electrons. The summed E-state index contributed by atoms with van der Waals surface area (Å²) in [6.45, 7) is 9.06. The summed E-state index contributed by atoms with van der Waals surface area (Å²) in [6, 6.07) is 19.1. The van der Waals surface area contributed by atoms with Crippen LogP contribution < -0.4 is 14.8 Å². The van der Waals surface area contributed by atoms with Crippen LogP contribution in [0.3, 0.4) is 0 Å². The molecule has 2 aliphatic rings. The second-order valence-corrected chi connectivity index (χ2v) is 19.3. The van der Waals surface area contributed by atoms with E-state index in [4.69, 9.17) is 9.47 Å². The van der Waals surface area contributed by atoms with Gasteiger partial charge in [-0.1, -0.05) is 36.4 Å². The van der Waals surface area contributed by atoms with Crippen molar-refractivity contribution in [2.24, 2.45) is 19.1 Å². The number of aliphatic imine (C=N–C) groups is 1. The normalized spacial score (nSPS) is 14.3. The number of isocyanates is 1. The second kappa shape index (κ2) is 22.4. The number of aromatic nitrogens is 8. The van der Waals surface area contributed by atoms with Gasteiger partial charge in [-0.25, -0.2) is 29.5 Å². The fourth-order valence-electron chi connectivity index (χ4n) is 8.56. The highest BCUT2D eigenvalue weighted by atomic mass is 32.1. The van der Waals surface area contributed by atoms with Gasteiger partial charge in [-0.3, -0.25) is 9.36 Å². The zero-order valence-electron chi connectivity index (χ0n) is 40.8. The Morgan fingerprint density at radius 1 is 0.743 bits per heavy atom. The molecule has 10 rings (SSSR count). The number of allylic oxidation sites excluding steroid dienone is 2. The molecule has 0 saturated carbocycles. The summed E-state index contributed by atoms with van der Waals surface area (Å²) in [5.41, 5.74) is 12.9. The quantitative estimate of drug-likeness (QED) is 0.103. The van der Waals surface area contributed by atoms with Crippen molar-refractivity contribution in [2.45, 2.75) is 71.9 Å². The minimum absolute atomic E-state index is 0.0751. The van der Waals surface area contributed by atoms with Gasteiger partial charge in [0.25, 0.3) is 0 Å². The van der Waals surface area contributed by atoms with E-state index >= 15 is 0 Å². The first-order chi connectivity index (χ1) is 33.9. The van der Waals surface area contributed by atoms with E-state index in [2.05, 4.69) is 77.8 Å². The molecule has 70 heavy (non-hydrogen) atoms. The molecule has 1 N–H and O–H groups in total. The number of hydrogen-bond donors (Lipinski definition) is 1. The summed E-state index contributed by atoms with van der Waals surface area (Å²) in [5, 5.41) is 12.0. The Bertz CT molecular complexity index is 3250. The lowest BCUT2D eigenvalue weighted by atomic mass is 9.97. The van der Waals surface area contributed by atoms with Gasteiger partial charge in [0.2, 0.25) is 6.08 Å². The molecule has 0 bridgehead atoms. The second-order valence-electron chi connectivity index (χ2n) is 17.2. The maximum Gasteiger partial charge on any atom is 0.318 e. The molecule has 1 aliphatic heterocycles. The standard InChI is InChI=1S/C26H28N6O2S.C17H18N4S.C10H11NO2/c1-16(19-6-5-7-20(12-19)34-4)29-26(33)32-10-8-18(9-11-32)24-25-22(27-15-28-24)13-23(35-25)21-14-31(3)30-17(21)2;1-11-13(9-21(2)20-11)15-8-14-17(22-15)16(19-10-18-14)12-6-4-3-5-7-12;1-8(11-7-12)9-4-3-5-10(6-9)13-2/h5-8,12-16H,9-11H2,1-4H3,(H,29,33);6,8-10H,3-5,7H2,1-2H3;3-6,8H,1-2H3/t16-;;8-/m0.0/s1. The summed E-state index contributed by atoms with van der Waals surface area (Å²) < 4.78 is 16.3. The third-order valence-electron chi connectivity index (χ3n) is 12.3. The van der Waals surface area contributed by atoms with Crippen LogP contribution in [-0.4, -0.2) is 83.8 Å². The van der Waals surface area contributed by atoms with Crippen molar-refractivity contribution in [2.75, 3.05) is 27.3 Å². The predicted octanol–water partition coefficient (Wildman–Crippen LogP) is 11.4. The largest absolute Gasteiger partial charge is 0.497 e. The number of benzene rings is 2. The first-order valence-electron chi connectivity index (χ1n) is 23.2. The molecular formula is C53H57N11O4S2. The Morgan fingerprint density at radius 3 is 1.79 bits per heavy atom. The molecule has 6 aromatic heterocycles. The van der Waals surface area contributed by atoms with Crippen molar-refractivity contribution in [3.05, 3.63) is 132 Å². The summed E-state index contributed by atoms with van der Waals surface area (Å²) in [5.74, 6) is 1.55. The minimum Gasteiger partial charge on any atom is -0.497 e. The van der Waals surface area contributed by atoms with Crippen LogP contribution >= 0.6 is 22.7 Å². The number of urea groups is 1. The fraction of sp³-hybridized carbons (Fsp3) is 0.321. The monoisotopic (exact) mass is 975 g/mol. The summed E-state index contributed by atoms with van der Waals surface area (Å²) >= 11 is 3.47. The maximum absolute atomic E-state index is 12.9.